The minimum absolute atomic E-state index is 0.298. The highest BCUT2D eigenvalue weighted by atomic mass is 16.5. The van der Waals surface area contributed by atoms with Gasteiger partial charge in [-0.25, -0.2) is 15.3 Å². The van der Waals surface area contributed by atoms with Crippen molar-refractivity contribution in [3.05, 3.63) is 0 Å². The van der Waals surface area contributed by atoms with E-state index in [0.717, 1.165) is 32.1 Å². The Morgan fingerprint density at radius 1 is 0.944 bits per heavy atom. The second kappa shape index (κ2) is 13.9. The van der Waals surface area contributed by atoms with Crippen LogP contribution in [0.5, 0.6) is 0 Å². The number of isocyanates is 1. The number of rotatable bonds is 12. The number of hydroxylamine groups is 1. The molecule has 0 aliphatic heterocycles. The van der Waals surface area contributed by atoms with Crippen molar-refractivity contribution in [2.75, 3.05) is 6.54 Å². The van der Waals surface area contributed by atoms with Crippen LogP contribution in [0.25, 0.3) is 0 Å². The fourth-order valence-corrected chi connectivity index (χ4v) is 1.82. The Labute approximate surface area is 109 Å². The topological polar surface area (TPSA) is 78.8 Å². The molecule has 0 radical (unpaired) electrons. The van der Waals surface area contributed by atoms with E-state index in [1.54, 1.807) is 11.6 Å². The molecule has 0 fully saturated rings. The number of nitrogens with zero attached hydrogens (tertiary/aromatic N) is 1. The van der Waals surface area contributed by atoms with E-state index >= 15 is 0 Å². The Morgan fingerprint density at radius 2 is 1.44 bits per heavy atom. The van der Waals surface area contributed by atoms with Crippen molar-refractivity contribution in [1.29, 1.82) is 0 Å². The van der Waals surface area contributed by atoms with Gasteiger partial charge in [0.1, 0.15) is 0 Å². The van der Waals surface area contributed by atoms with Gasteiger partial charge in [0.25, 0.3) is 0 Å². The molecule has 0 rings (SSSR count). The molecule has 0 aromatic rings. The van der Waals surface area contributed by atoms with Crippen molar-refractivity contribution in [3.63, 3.8) is 0 Å². The number of carbonyl (C=O) groups excluding carboxylic acids is 2. The zero-order chi connectivity index (χ0) is 13.5. The molecule has 0 atom stereocenters. The van der Waals surface area contributed by atoms with Gasteiger partial charge < -0.3 is 0 Å². The summed E-state index contributed by atoms with van der Waals surface area (Å²) in [6.45, 7) is 0.608. The summed E-state index contributed by atoms with van der Waals surface area (Å²) < 4.78 is 0. The quantitative estimate of drug-likeness (QED) is 0.185. The summed E-state index contributed by atoms with van der Waals surface area (Å²) in [5, 5.41) is 8.28. The van der Waals surface area contributed by atoms with Gasteiger partial charge in [-0.15, -0.1) is 0 Å². The third kappa shape index (κ3) is 12.9. The van der Waals surface area contributed by atoms with Crippen molar-refractivity contribution in [1.82, 2.24) is 5.48 Å². The molecule has 0 unspecified atom stereocenters. The molecule has 0 heterocycles. The maximum atomic E-state index is 10.7. The summed E-state index contributed by atoms with van der Waals surface area (Å²) in [4.78, 5) is 24.0. The number of hydrogen-bond donors (Lipinski definition) is 2. The molecule has 104 valence electrons. The van der Waals surface area contributed by atoms with Gasteiger partial charge in [-0.1, -0.05) is 44.9 Å². The average Bonchev–Trinajstić information content (AvgIpc) is 2.39. The second-order valence-electron chi connectivity index (χ2n) is 4.44. The number of hydrogen-bond acceptors (Lipinski definition) is 4. The van der Waals surface area contributed by atoms with Crippen LogP contribution in [0.15, 0.2) is 4.99 Å². The Hall–Kier alpha value is -1.19. The summed E-state index contributed by atoms with van der Waals surface area (Å²) in [7, 11) is 0. The molecule has 0 spiro atoms. The zero-order valence-electron chi connectivity index (χ0n) is 11.0. The molecule has 0 aromatic heterocycles. The fourth-order valence-electron chi connectivity index (χ4n) is 1.82. The molecule has 0 aliphatic rings. The van der Waals surface area contributed by atoms with E-state index in [9.17, 15) is 9.59 Å². The summed E-state index contributed by atoms with van der Waals surface area (Å²) in [5.74, 6) is -0.298. The van der Waals surface area contributed by atoms with E-state index in [2.05, 4.69) is 4.99 Å². The molecule has 18 heavy (non-hydrogen) atoms. The van der Waals surface area contributed by atoms with Crippen LogP contribution >= 0.6 is 0 Å². The van der Waals surface area contributed by atoms with Gasteiger partial charge in [0.15, 0.2) is 0 Å². The number of amides is 1. The van der Waals surface area contributed by atoms with Crippen molar-refractivity contribution >= 4 is 12.0 Å². The van der Waals surface area contributed by atoms with Crippen molar-refractivity contribution in [3.8, 4) is 0 Å². The van der Waals surface area contributed by atoms with Crippen LogP contribution in [-0.2, 0) is 9.59 Å². The van der Waals surface area contributed by atoms with E-state index in [0.29, 0.717) is 13.0 Å². The lowest BCUT2D eigenvalue weighted by atomic mass is 10.1. The number of nitrogens with one attached hydrogen (secondary N) is 1. The standard InChI is InChI=1S/C13H24N2O3/c16-12-14-11-9-7-5-3-1-2-4-6-8-10-13(17)15-18/h18H,1-11H2,(H,15,17). The predicted molar refractivity (Wildman–Crippen MR) is 69.1 cm³/mol. The van der Waals surface area contributed by atoms with Gasteiger partial charge in [-0.05, 0) is 12.8 Å². The van der Waals surface area contributed by atoms with Gasteiger partial charge in [-0.2, -0.15) is 0 Å². The number of aliphatic imine (C=N–C) groups is 1. The smallest absolute Gasteiger partial charge is 0.243 e. The van der Waals surface area contributed by atoms with Gasteiger partial charge in [0.2, 0.25) is 12.0 Å². The Bertz CT molecular complexity index is 251. The first kappa shape index (κ1) is 16.8. The maximum absolute atomic E-state index is 10.7. The lowest BCUT2D eigenvalue weighted by Gasteiger charge is -2.01. The second-order valence-corrected chi connectivity index (χ2v) is 4.44. The molecular formula is C13H24N2O3. The average molecular weight is 256 g/mol. The van der Waals surface area contributed by atoms with E-state index in [4.69, 9.17) is 5.21 Å². The van der Waals surface area contributed by atoms with Gasteiger partial charge >= 0.3 is 0 Å². The van der Waals surface area contributed by atoms with Crippen LogP contribution in [0, 0.1) is 0 Å². The molecule has 2 N–H and O–H groups in total. The molecule has 1 amide bonds. The molecule has 0 aliphatic carbocycles. The molecule has 0 aromatic carbocycles. The Kier molecular flexibility index (Phi) is 13.0. The van der Waals surface area contributed by atoms with Crippen molar-refractivity contribution in [2.45, 2.75) is 64.2 Å². The number of unbranched alkanes of at least 4 members (excludes halogenated alkanes) is 8. The Morgan fingerprint density at radius 3 is 1.94 bits per heavy atom. The molecule has 0 saturated heterocycles. The molecule has 0 bridgehead atoms. The summed E-state index contributed by atoms with van der Waals surface area (Å²) >= 11 is 0. The first-order valence-corrected chi connectivity index (χ1v) is 6.78. The predicted octanol–water partition coefficient (Wildman–Crippen LogP) is 2.73. The normalized spacial score (nSPS) is 9.83. The lowest BCUT2D eigenvalue weighted by Crippen LogP contribution is -2.17. The van der Waals surface area contributed by atoms with Crippen LogP contribution in [0.4, 0.5) is 0 Å². The minimum Gasteiger partial charge on any atom is -0.289 e. The van der Waals surface area contributed by atoms with Gasteiger partial charge in [-0.3, -0.25) is 10.0 Å². The molecule has 0 saturated carbocycles. The van der Waals surface area contributed by atoms with Gasteiger partial charge in [0.05, 0.1) is 6.54 Å². The van der Waals surface area contributed by atoms with E-state index < -0.39 is 0 Å². The van der Waals surface area contributed by atoms with E-state index in [1.807, 2.05) is 0 Å². The lowest BCUT2D eigenvalue weighted by molar-refractivity contribution is -0.129. The monoisotopic (exact) mass is 256 g/mol. The summed E-state index contributed by atoms with van der Waals surface area (Å²) in [6, 6.07) is 0. The van der Waals surface area contributed by atoms with Crippen LogP contribution in [-0.4, -0.2) is 23.7 Å². The van der Waals surface area contributed by atoms with Gasteiger partial charge in [0, 0.05) is 6.42 Å². The Balaban J connectivity index is 3.03. The molecule has 5 nitrogen and oxygen atoms in total. The summed E-state index contributed by atoms with van der Waals surface area (Å²) in [6.07, 6.45) is 11.9. The summed E-state index contributed by atoms with van der Waals surface area (Å²) in [5.41, 5.74) is 1.63. The third-order valence-corrected chi connectivity index (χ3v) is 2.86. The van der Waals surface area contributed by atoms with Crippen LogP contribution in [0.3, 0.4) is 0 Å². The highest BCUT2D eigenvalue weighted by molar-refractivity contribution is 5.74. The zero-order valence-corrected chi connectivity index (χ0v) is 11.0. The first-order valence-electron chi connectivity index (χ1n) is 6.78. The third-order valence-electron chi connectivity index (χ3n) is 2.86. The molecular weight excluding hydrogens is 232 g/mol. The molecule has 5 heteroatoms. The highest BCUT2D eigenvalue weighted by Gasteiger charge is 1.98. The highest BCUT2D eigenvalue weighted by Crippen LogP contribution is 2.10. The van der Waals surface area contributed by atoms with Crippen molar-refractivity contribution in [2.24, 2.45) is 4.99 Å². The maximum Gasteiger partial charge on any atom is 0.243 e. The van der Waals surface area contributed by atoms with Crippen LogP contribution < -0.4 is 5.48 Å². The van der Waals surface area contributed by atoms with E-state index in [1.165, 1.54) is 25.7 Å². The van der Waals surface area contributed by atoms with E-state index in [-0.39, 0.29) is 5.91 Å². The van der Waals surface area contributed by atoms with Crippen LogP contribution in [0.2, 0.25) is 0 Å². The largest absolute Gasteiger partial charge is 0.289 e. The number of carbonyl (C=O) groups is 1. The van der Waals surface area contributed by atoms with Crippen LogP contribution in [0.1, 0.15) is 64.2 Å². The first-order chi connectivity index (χ1) is 8.81. The van der Waals surface area contributed by atoms with Crippen molar-refractivity contribution < 1.29 is 14.8 Å². The fraction of sp³-hybridized carbons (Fsp3) is 0.846. The minimum atomic E-state index is -0.298. The SMILES string of the molecule is O=C=NCCCCCCCCCCCC(=O)NO.